The summed E-state index contributed by atoms with van der Waals surface area (Å²) in [6, 6.07) is 21.0. The highest BCUT2D eigenvalue weighted by Crippen LogP contribution is 2.26. The van der Waals surface area contributed by atoms with Gasteiger partial charge in [-0.2, -0.15) is 5.10 Å². The van der Waals surface area contributed by atoms with Gasteiger partial charge < -0.3 is 0 Å². The summed E-state index contributed by atoms with van der Waals surface area (Å²) in [5.41, 5.74) is 5.33. The Bertz CT molecular complexity index is 1210. The molecule has 0 heterocycles. The average molecular weight is 500 g/mol. The number of hydrazone groups is 1. The normalized spacial score (nSPS) is 11.5. The molecule has 0 aliphatic carbocycles. The molecule has 0 saturated heterocycles. The summed E-state index contributed by atoms with van der Waals surface area (Å²) in [6.07, 6.45) is 1.50. The third-order valence-electron chi connectivity index (χ3n) is 4.53. The quantitative estimate of drug-likeness (QED) is 0.386. The lowest BCUT2D eigenvalue weighted by Crippen LogP contribution is -2.40. The van der Waals surface area contributed by atoms with E-state index in [-0.39, 0.29) is 4.90 Å². The van der Waals surface area contributed by atoms with E-state index >= 15 is 0 Å². The molecular formula is C23H22BrN3O3S. The molecule has 160 valence electrons. The number of sulfonamides is 1. The van der Waals surface area contributed by atoms with Crippen molar-refractivity contribution < 1.29 is 13.2 Å². The van der Waals surface area contributed by atoms with Gasteiger partial charge in [0.25, 0.3) is 15.9 Å². The fourth-order valence-corrected chi connectivity index (χ4v) is 4.81. The Kier molecular flexibility index (Phi) is 7.25. The number of carbonyl (C=O) groups is 1. The molecule has 3 aromatic carbocycles. The minimum absolute atomic E-state index is 0.117. The summed E-state index contributed by atoms with van der Waals surface area (Å²) >= 11 is 3.37. The largest absolute Gasteiger partial charge is 0.271 e. The zero-order valence-corrected chi connectivity index (χ0v) is 19.5. The van der Waals surface area contributed by atoms with Gasteiger partial charge in [0.05, 0.1) is 16.8 Å². The minimum atomic E-state index is -3.96. The van der Waals surface area contributed by atoms with Crippen LogP contribution in [0.5, 0.6) is 0 Å². The molecule has 0 aliphatic rings. The molecule has 6 nitrogen and oxygen atoms in total. The number of nitrogens with zero attached hydrogens (tertiary/aromatic N) is 2. The third kappa shape index (κ3) is 5.80. The van der Waals surface area contributed by atoms with Crippen LogP contribution >= 0.6 is 15.9 Å². The maximum Gasteiger partial charge on any atom is 0.264 e. The number of rotatable bonds is 7. The van der Waals surface area contributed by atoms with Crippen LogP contribution in [0.4, 0.5) is 5.69 Å². The number of halogens is 1. The highest BCUT2D eigenvalue weighted by atomic mass is 79.9. The second kappa shape index (κ2) is 9.89. The zero-order valence-electron chi connectivity index (χ0n) is 17.1. The first-order valence-electron chi connectivity index (χ1n) is 9.50. The van der Waals surface area contributed by atoms with Crippen LogP contribution in [0.25, 0.3) is 0 Å². The smallest absolute Gasteiger partial charge is 0.264 e. The van der Waals surface area contributed by atoms with Crippen LogP contribution in [-0.4, -0.2) is 27.1 Å². The SMILES string of the molecule is Cc1ccc(S(=O)(=O)N(CC(=O)N/N=C/c2cccc(Br)c2)c2ccccc2C)cc1. The van der Waals surface area contributed by atoms with Gasteiger partial charge >= 0.3 is 0 Å². The number of hydrogen-bond acceptors (Lipinski definition) is 4. The number of hydrogen-bond donors (Lipinski definition) is 1. The first-order valence-corrected chi connectivity index (χ1v) is 11.7. The molecular weight excluding hydrogens is 478 g/mol. The van der Waals surface area contributed by atoms with Crippen LogP contribution in [0.15, 0.2) is 87.3 Å². The van der Waals surface area contributed by atoms with Crippen LogP contribution < -0.4 is 9.73 Å². The molecule has 0 atom stereocenters. The van der Waals surface area contributed by atoms with E-state index in [9.17, 15) is 13.2 Å². The highest BCUT2D eigenvalue weighted by molar-refractivity contribution is 9.10. The van der Waals surface area contributed by atoms with E-state index in [2.05, 4.69) is 26.5 Å². The van der Waals surface area contributed by atoms with Crippen molar-refractivity contribution in [2.45, 2.75) is 18.7 Å². The Balaban J connectivity index is 1.86. The number of para-hydroxylation sites is 1. The Morgan fingerprint density at radius 1 is 1.03 bits per heavy atom. The molecule has 0 saturated carbocycles. The maximum absolute atomic E-state index is 13.4. The highest BCUT2D eigenvalue weighted by Gasteiger charge is 2.28. The molecule has 1 amide bonds. The van der Waals surface area contributed by atoms with Crippen molar-refractivity contribution >= 4 is 43.8 Å². The fraction of sp³-hybridized carbons (Fsp3) is 0.130. The lowest BCUT2D eigenvalue weighted by atomic mass is 10.2. The predicted molar refractivity (Wildman–Crippen MR) is 127 cm³/mol. The van der Waals surface area contributed by atoms with Crippen LogP contribution in [0.1, 0.15) is 16.7 Å². The van der Waals surface area contributed by atoms with E-state index in [1.54, 1.807) is 49.4 Å². The van der Waals surface area contributed by atoms with Crippen molar-refractivity contribution in [3.63, 3.8) is 0 Å². The summed E-state index contributed by atoms with van der Waals surface area (Å²) in [7, 11) is -3.96. The van der Waals surface area contributed by atoms with Crippen molar-refractivity contribution in [2.75, 3.05) is 10.8 Å². The summed E-state index contributed by atoms with van der Waals surface area (Å²) in [5.74, 6) is -0.551. The Labute approximate surface area is 190 Å². The monoisotopic (exact) mass is 499 g/mol. The molecule has 0 radical (unpaired) electrons. The molecule has 0 bridgehead atoms. The number of anilines is 1. The van der Waals surface area contributed by atoms with Crippen molar-refractivity contribution in [1.82, 2.24) is 5.43 Å². The van der Waals surface area contributed by atoms with Crippen molar-refractivity contribution in [3.8, 4) is 0 Å². The number of benzene rings is 3. The average Bonchev–Trinajstić information content (AvgIpc) is 2.73. The van der Waals surface area contributed by atoms with Gasteiger partial charge in [0.2, 0.25) is 0 Å². The van der Waals surface area contributed by atoms with Gasteiger partial charge in [0.1, 0.15) is 6.54 Å². The molecule has 0 aromatic heterocycles. The van der Waals surface area contributed by atoms with Crippen LogP contribution in [0.2, 0.25) is 0 Å². The molecule has 0 aliphatic heterocycles. The van der Waals surface area contributed by atoms with Gasteiger partial charge in [-0.3, -0.25) is 9.10 Å². The Hall–Kier alpha value is -2.97. The molecule has 8 heteroatoms. The van der Waals surface area contributed by atoms with E-state index < -0.39 is 22.5 Å². The van der Waals surface area contributed by atoms with Gasteiger partial charge in [-0.1, -0.05) is 64.0 Å². The molecule has 0 fully saturated rings. The van der Waals surface area contributed by atoms with Gasteiger partial charge in [-0.05, 0) is 55.3 Å². The third-order valence-corrected chi connectivity index (χ3v) is 6.80. The van der Waals surface area contributed by atoms with Gasteiger partial charge in [-0.15, -0.1) is 0 Å². The number of amides is 1. The van der Waals surface area contributed by atoms with E-state index in [0.717, 1.165) is 25.5 Å². The molecule has 31 heavy (non-hydrogen) atoms. The maximum atomic E-state index is 13.4. The molecule has 0 unspecified atom stereocenters. The number of aryl methyl sites for hydroxylation is 2. The summed E-state index contributed by atoms with van der Waals surface area (Å²) in [5, 5.41) is 3.95. The van der Waals surface area contributed by atoms with Crippen molar-refractivity contribution in [2.24, 2.45) is 5.10 Å². The van der Waals surface area contributed by atoms with Gasteiger partial charge in [0.15, 0.2) is 0 Å². The lowest BCUT2D eigenvalue weighted by molar-refractivity contribution is -0.119. The van der Waals surface area contributed by atoms with E-state index in [0.29, 0.717) is 5.69 Å². The summed E-state index contributed by atoms with van der Waals surface area (Å²) < 4.78 is 28.7. The molecule has 3 rings (SSSR count). The standard InChI is InChI=1S/C23H22BrN3O3S/c1-17-10-12-21(13-11-17)31(29,30)27(22-9-4-3-6-18(22)2)16-23(28)26-25-15-19-7-5-8-20(24)14-19/h3-15H,16H2,1-2H3,(H,26,28)/b25-15+. The second-order valence-electron chi connectivity index (χ2n) is 6.96. The first kappa shape index (κ1) is 22.7. The van der Waals surface area contributed by atoms with Crippen molar-refractivity contribution in [1.29, 1.82) is 0 Å². The van der Waals surface area contributed by atoms with Crippen LogP contribution in [-0.2, 0) is 14.8 Å². The Morgan fingerprint density at radius 3 is 2.42 bits per heavy atom. The van der Waals surface area contributed by atoms with Crippen LogP contribution in [0.3, 0.4) is 0 Å². The van der Waals surface area contributed by atoms with Crippen molar-refractivity contribution in [3.05, 3.63) is 94.0 Å². The van der Waals surface area contributed by atoms with E-state index in [4.69, 9.17) is 0 Å². The van der Waals surface area contributed by atoms with Gasteiger partial charge in [-0.25, -0.2) is 13.8 Å². The van der Waals surface area contributed by atoms with E-state index in [1.807, 2.05) is 37.3 Å². The van der Waals surface area contributed by atoms with Crippen LogP contribution in [0, 0.1) is 13.8 Å². The first-order chi connectivity index (χ1) is 14.8. The summed E-state index contributed by atoms with van der Waals surface area (Å²) in [6.45, 7) is 3.28. The molecule has 3 aromatic rings. The van der Waals surface area contributed by atoms with E-state index in [1.165, 1.54) is 6.21 Å². The topological polar surface area (TPSA) is 78.8 Å². The predicted octanol–water partition coefficient (Wildman–Crippen LogP) is 4.41. The minimum Gasteiger partial charge on any atom is -0.271 e. The fourth-order valence-electron chi connectivity index (χ4n) is 2.91. The number of nitrogens with one attached hydrogen (secondary N) is 1. The molecule has 1 N–H and O–H groups in total. The van der Waals surface area contributed by atoms with Gasteiger partial charge in [0, 0.05) is 4.47 Å². The Morgan fingerprint density at radius 2 is 1.74 bits per heavy atom. The molecule has 0 spiro atoms. The zero-order chi connectivity index (χ0) is 22.4. The second-order valence-corrected chi connectivity index (χ2v) is 9.74. The lowest BCUT2D eigenvalue weighted by Gasteiger charge is -2.25. The summed E-state index contributed by atoms with van der Waals surface area (Å²) in [4.78, 5) is 12.7. The number of carbonyl (C=O) groups excluding carboxylic acids is 1.